The first-order valence-corrected chi connectivity index (χ1v) is 18.8. The van der Waals surface area contributed by atoms with E-state index in [2.05, 4.69) is 70.5 Å². The van der Waals surface area contributed by atoms with E-state index in [0.29, 0.717) is 38.9 Å². The SMILES string of the molecule is NCCCCN(CCc1ccccc1)C(=O)C(Cc1ccc2ccccc2c1)NC(=O)C(Cc1ccc2ccccc2c1)NC(=O)C1CCNCC1. The van der Waals surface area contributed by atoms with Gasteiger partial charge >= 0.3 is 0 Å². The van der Waals surface area contributed by atoms with Gasteiger partial charge in [-0.15, -0.1) is 0 Å². The van der Waals surface area contributed by atoms with Crippen LogP contribution >= 0.6 is 0 Å². The van der Waals surface area contributed by atoms with Crippen molar-refractivity contribution in [2.24, 2.45) is 11.7 Å². The topological polar surface area (TPSA) is 117 Å². The van der Waals surface area contributed by atoms with Crippen molar-refractivity contribution < 1.29 is 14.4 Å². The molecule has 1 aliphatic rings. The maximum absolute atomic E-state index is 14.6. The van der Waals surface area contributed by atoms with Crippen LogP contribution in [0.25, 0.3) is 21.5 Å². The number of hydrogen-bond acceptors (Lipinski definition) is 5. The van der Waals surface area contributed by atoms with Crippen LogP contribution in [0.1, 0.15) is 42.4 Å². The molecule has 0 radical (unpaired) electrons. The molecule has 1 fully saturated rings. The van der Waals surface area contributed by atoms with Gasteiger partial charge in [0.05, 0.1) is 0 Å². The molecule has 6 rings (SSSR count). The number of nitrogens with two attached hydrogens (primary N) is 1. The molecular formula is C44H51N5O3. The van der Waals surface area contributed by atoms with Gasteiger partial charge in [0.15, 0.2) is 0 Å². The van der Waals surface area contributed by atoms with Gasteiger partial charge in [-0.05, 0) is 90.0 Å². The normalized spacial score (nSPS) is 14.5. The average Bonchev–Trinajstić information content (AvgIpc) is 3.19. The lowest BCUT2D eigenvalue weighted by Crippen LogP contribution is -2.56. The molecule has 0 aromatic heterocycles. The molecule has 1 heterocycles. The smallest absolute Gasteiger partial charge is 0.245 e. The van der Waals surface area contributed by atoms with Crippen LogP contribution in [0.3, 0.4) is 0 Å². The Morgan fingerprint density at radius 2 is 1.23 bits per heavy atom. The molecule has 0 saturated carbocycles. The number of nitrogens with zero attached hydrogens (tertiary/aromatic N) is 1. The van der Waals surface area contributed by atoms with Gasteiger partial charge < -0.3 is 26.6 Å². The summed E-state index contributed by atoms with van der Waals surface area (Å²) in [5.74, 6) is -0.784. The molecule has 2 unspecified atom stereocenters. The van der Waals surface area contributed by atoms with Gasteiger partial charge in [-0.25, -0.2) is 0 Å². The molecule has 52 heavy (non-hydrogen) atoms. The molecule has 8 heteroatoms. The third-order valence-corrected chi connectivity index (χ3v) is 10.2. The van der Waals surface area contributed by atoms with Crippen molar-refractivity contribution in [1.82, 2.24) is 20.9 Å². The minimum absolute atomic E-state index is 0.119. The zero-order chi connectivity index (χ0) is 36.1. The largest absolute Gasteiger partial charge is 0.344 e. The van der Waals surface area contributed by atoms with E-state index >= 15 is 0 Å². The van der Waals surface area contributed by atoms with Crippen LogP contribution in [0.5, 0.6) is 0 Å². The fourth-order valence-electron chi connectivity index (χ4n) is 7.17. The summed E-state index contributed by atoms with van der Waals surface area (Å²) >= 11 is 0. The monoisotopic (exact) mass is 697 g/mol. The molecule has 5 aromatic rings. The summed E-state index contributed by atoms with van der Waals surface area (Å²) in [6, 6.07) is 37.0. The van der Waals surface area contributed by atoms with Crippen molar-refractivity contribution in [2.45, 2.75) is 57.0 Å². The van der Waals surface area contributed by atoms with E-state index < -0.39 is 12.1 Å². The van der Waals surface area contributed by atoms with E-state index in [1.807, 2.05) is 65.6 Å². The molecule has 8 nitrogen and oxygen atoms in total. The van der Waals surface area contributed by atoms with Crippen LogP contribution < -0.4 is 21.7 Å². The van der Waals surface area contributed by atoms with Gasteiger partial charge in [0.1, 0.15) is 12.1 Å². The third kappa shape index (κ3) is 10.0. The van der Waals surface area contributed by atoms with Crippen LogP contribution in [0.15, 0.2) is 115 Å². The highest BCUT2D eigenvalue weighted by atomic mass is 16.2. The minimum Gasteiger partial charge on any atom is -0.344 e. The second-order valence-electron chi connectivity index (χ2n) is 14.0. The van der Waals surface area contributed by atoms with Crippen LogP contribution in [0, 0.1) is 5.92 Å². The number of rotatable bonds is 16. The zero-order valence-corrected chi connectivity index (χ0v) is 29.9. The molecule has 2 atom stereocenters. The second kappa shape index (κ2) is 18.4. The number of fused-ring (bicyclic) bond motifs is 2. The first kappa shape index (κ1) is 36.7. The first-order chi connectivity index (χ1) is 25.5. The van der Waals surface area contributed by atoms with Crippen molar-refractivity contribution in [3.63, 3.8) is 0 Å². The molecule has 0 spiro atoms. The summed E-state index contributed by atoms with van der Waals surface area (Å²) in [7, 11) is 0. The van der Waals surface area contributed by atoms with Gasteiger partial charge in [0.25, 0.3) is 0 Å². The Hall–Kier alpha value is -5.05. The summed E-state index contributed by atoms with van der Waals surface area (Å²) in [6.45, 7) is 3.14. The molecule has 1 aliphatic heterocycles. The highest BCUT2D eigenvalue weighted by Crippen LogP contribution is 2.20. The number of hydrogen-bond donors (Lipinski definition) is 4. The average molecular weight is 698 g/mol. The van der Waals surface area contributed by atoms with Crippen molar-refractivity contribution >= 4 is 39.3 Å². The second-order valence-corrected chi connectivity index (χ2v) is 14.0. The highest BCUT2D eigenvalue weighted by Gasteiger charge is 2.32. The summed E-state index contributed by atoms with van der Waals surface area (Å²) in [5, 5.41) is 14.0. The molecule has 1 saturated heterocycles. The summed E-state index contributed by atoms with van der Waals surface area (Å²) in [5.41, 5.74) is 8.88. The predicted octanol–water partition coefficient (Wildman–Crippen LogP) is 5.56. The van der Waals surface area contributed by atoms with Gasteiger partial charge in [-0.1, -0.05) is 115 Å². The Morgan fingerprint density at radius 3 is 1.85 bits per heavy atom. The maximum atomic E-state index is 14.6. The van der Waals surface area contributed by atoms with E-state index in [1.54, 1.807) is 0 Å². The van der Waals surface area contributed by atoms with Crippen molar-refractivity contribution in [3.05, 3.63) is 132 Å². The van der Waals surface area contributed by atoms with Crippen molar-refractivity contribution in [1.29, 1.82) is 0 Å². The van der Waals surface area contributed by atoms with Crippen molar-refractivity contribution in [3.8, 4) is 0 Å². The van der Waals surface area contributed by atoms with Crippen LogP contribution in [0.2, 0.25) is 0 Å². The molecule has 270 valence electrons. The summed E-state index contributed by atoms with van der Waals surface area (Å²) in [4.78, 5) is 44.6. The summed E-state index contributed by atoms with van der Waals surface area (Å²) < 4.78 is 0. The summed E-state index contributed by atoms with van der Waals surface area (Å²) in [6.07, 6.45) is 4.33. The highest BCUT2D eigenvalue weighted by molar-refractivity contribution is 5.93. The molecule has 0 bridgehead atoms. The number of carbonyl (C=O) groups is 3. The fourth-order valence-corrected chi connectivity index (χ4v) is 7.17. The lowest BCUT2D eigenvalue weighted by atomic mass is 9.95. The fraction of sp³-hybridized carbons (Fsp3) is 0.341. The van der Waals surface area contributed by atoms with Crippen LogP contribution in [-0.2, 0) is 33.6 Å². The van der Waals surface area contributed by atoms with E-state index in [1.165, 1.54) is 0 Å². The predicted molar refractivity (Wildman–Crippen MR) is 210 cm³/mol. The minimum atomic E-state index is -0.856. The maximum Gasteiger partial charge on any atom is 0.245 e. The Morgan fingerprint density at radius 1 is 0.654 bits per heavy atom. The molecule has 5 aromatic carbocycles. The van der Waals surface area contributed by atoms with Gasteiger partial charge in [0, 0.05) is 31.8 Å². The van der Waals surface area contributed by atoms with Gasteiger partial charge in [0.2, 0.25) is 17.7 Å². The van der Waals surface area contributed by atoms with Gasteiger partial charge in [-0.2, -0.15) is 0 Å². The third-order valence-electron chi connectivity index (χ3n) is 10.2. The van der Waals surface area contributed by atoms with Gasteiger partial charge in [-0.3, -0.25) is 14.4 Å². The Bertz CT molecular complexity index is 1940. The Balaban J connectivity index is 1.29. The lowest BCUT2D eigenvalue weighted by Gasteiger charge is -2.30. The number of amides is 3. The Labute approximate surface area is 307 Å². The molecule has 3 amide bonds. The number of benzene rings is 5. The quantitative estimate of drug-likeness (QED) is 0.101. The van der Waals surface area contributed by atoms with Crippen molar-refractivity contribution in [2.75, 3.05) is 32.7 Å². The number of piperidine rings is 1. The van der Waals surface area contributed by atoms with E-state index in [-0.39, 0.29) is 23.6 Å². The van der Waals surface area contributed by atoms with E-state index in [4.69, 9.17) is 5.73 Å². The standard InChI is InChI=1S/C44H51N5O3/c45-23-8-9-26-49(27-22-32-10-2-1-3-11-32)44(52)41(31-34-17-19-36-13-5-7-15-39(36)29-34)48-43(51)40(47-42(50)37-20-24-46-25-21-37)30-33-16-18-35-12-4-6-14-38(35)28-33/h1-7,10-19,28-29,37,40-41,46H,8-9,20-27,30-31,45H2,(H,47,50)(H,48,51). The van der Waals surface area contributed by atoms with E-state index in [9.17, 15) is 14.4 Å². The number of nitrogens with one attached hydrogen (secondary N) is 3. The molecule has 5 N–H and O–H groups in total. The van der Waals surface area contributed by atoms with Crippen LogP contribution in [-0.4, -0.2) is 67.4 Å². The number of unbranched alkanes of at least 4 members (excludes halogenated alkanes) is 1. The Kier molecular flexibility index (Phi) is 13.0. The molecular weight excluding hydrogens is 647 g/mol. The number of carbonyl (C=O) groups excluding carboxylic acids is 3. The molecule has 0 aliphatic carbocycles. The zero-order valence-electron chi connectivity index (χ0n) is 29.9. The van der Waals surface area contributed by atoms with E-state index in [0.717, 1.165) is 77.0 Å². The van der Waals surface area contributed by atoms with Crippen LogP contribution in [0.4, 0.5) is 0 Å². The first-order valence-electron chi connectivity index (χ1n) is 18.8. The lowest BCUT2D eigenvalue weighted by molar-refractivity contribution is -0.137.